The molecule has 1 aromatic heterocycles. The minimum atomic E-state index is -0.740. The average Bonchev–Trinajstić information content (AvgIpc) is 3.61. The Kier molecular flexibility index (Phi) is 5.64. The third-order valence-electron chi connectivity index (χ3n) is 7.53. The number of fused-ring (bicyclic) bond motifs is 2. The van der Waals surface area contributed by atoms with E-state index in [0.717, 1.165) is 49.3 Å². The maximum atomic E-state index is 11.5. The molecule has 0 amide bonds. The summed E-state index contributed by atoms with van der Waals surface area (Å²) in [5.74, 6) is -0.682. The SMILES string of the molecule is N#Cc1c2c(cc3nc(-c4cccc(N5CCOCC5)c4Cl)oc13)[C@H](N1CC[C@@H](C(=O)O)C1)CC2. The van der Waals surface area contributed by atoms with Crippen molar-refractivity contribution in [2.24, 2.45) is 5.92 Å². The number of halogens is 1. The van der Waals surface area contributed by atoms with E-state index in [1.807, 2.05) is 24.3 Å². The number of morpholine rings is 1. The summed E-state index contributed by atoms with van der Waals surface area (Å²) in [6.07, 6.45) is 2.28. The summed E-state index contributed by atoms with van der Waals surface area (Å²) in [6.45, 7) is 4.13. The average molecular weight is 493 g/mol. The fourth-order valence-corrected chi connectivity index (χ4v) is 6.07. The maximum Gasteiger partial charge on any atom is 0.307 e. The first-order valence-corrected chi connectivity index (χ1v) is 12.4. The molecule has 35 heavy (non-hydrogen) atoms. The summed E-state index contributed by atoms with van der Waals surface area (Å²) in [5, 5.41) is 20.0. The summed E-state index contributed by atoms with van der Waals surface area (Å²) in [4.78, 5) is 20.7. The van der Waals surface area contributed by atoms with Crippen LogP contribution in [-0.2, 0) is 16.0 Å². The molecule has 2 aliphatic heterocycles. The van der Waals surface area contributed by atoms with Crippen molar-refractivity contribution in [3.05, 3.63) is 46.0 Å². The lowest BCUT2D eigenvalue weighted by Crippen LogP contribution is -2.36. The standard InChI is InChI=1S/C26H25ClN4O4/c27-23-17(2-1-3-22(23)30-8-10-34-11-9-30)25-29-20-12-18-16(19(13-28)24(20)35-25)4-5-21(18)31-7-6-15(14-31)26(32)33/h1-3,12,15,21H,4-11,14H2,(H,32,33)/t15-,21-/m1/s1. The van der Waals surface area contributed by atoms with E-state index in [1.165, 1.54) is 0 Å². The minimum Gasteiger partial charge on any atom is -0.481 e. The zero-order valence-electron chi connectivity index (χ0n) is 19.2. The van der Waals surface area contributed by atoms with E-state index in [0.29, 0.717) is 59.3 Å². The molecule has 3 aliphatic rings. The van der Waals surface area contributed by atoms with Gasteiger partial charge in [-0.2, -0.15) is 5.26 Å². The van der Waals surface area contributed by atoms with E-state index in [9.17, 15) is 15.2 Å². The Balaban J connectivity index is 1.39. The number of aromatic nitrogens is 1. The summed E-state index contributed by atoms with van der Waals surface area (Å²) >= 11 is 6.83. The number of ether oxygens (including phenoxy) is 1. The van der Waals surface area contributed by atoms with Crippen molar-refractivity contribution in [1.82, 2.24) is 9.88 Å². The molecule has 0 unspecified atom stereocenters. The van der Waals surface area contributed by atoms with Crippen LogP contribution in [-0.4, -0.2) is 60.4 Å². The van der Waals surface area contributed by atoms with Crippen LogP contribution in [0.15, 0.2) is 28.7 Å². The third-order valence-corrected chi connectivity index (χ3v) is 7.93. The van der Waals surface area contributed by atoms with E-state index in [-0.39, 0.29) is 12.0 Å². The normalized spacial score (nSPS) is 22.5. The number of likely N-dealkylation sites (tertiary alicyclic amines) is 1. The van der Waals surface area contributed by atoms with Gasteiger partial charge in [0.15, 0.2) is 5.58 Å². The highest BCUT2D eigenvalue weighted by atomic mass is 35.5. The van der Waals surface area contributed by atoms with Crippen molar-refractivity contribution in [3.8, 4) is 17.5 Å². The van der Waals surface area contributed by atoms with Gasteiger partial charge in [0.05, 0.1) is 35.4 Å². The zero-order chi connectivity index (χ0) is 24.1. The number of oxazole rings is 1. The smallest absolute Gasteiger partial charge is 0.307 e. The second-order valence-corrected chi connectivity index (χ2v) is 9.79. The van der Waals surface area contributed by atoms with E-state index in [1.54, 1.807) is 0 Å². The van der Waals surface area contributed by atoms with E-state index >= 15 is 0 Å². The van der Waals surface area contributed by atoms with Crippen LogP contribution in [0.4, 0.5) is 5.69 Å². The number of carboxylic acids is 1. The number of benzene rings is 2. The molecule has 0 saturated carbocycles. The first-order chi connectivity index (χ1) is 17.0. The summed E-state index contributed by atoms with van der Waals surface area (Å²) in [5.41, 5.74) is 5.29. The molecule has 3 heterocycles. The fraction of sp³-hybridized carbons (Fsp3) is 0.423. The second kappa shape index (κ2) is 8.83. The van der Waals surface area contributed by atoms with Crippen molar-refractivity contribution < 1.29 is 19.1 Å². The maximum absolute atomic E-state index is 11.5. The third kappa shape index (κ3) is 3.75. The Labute approximate surface area is 207 Å². The molecule has 2 atom stereocenters. The van der Waals surface area contributed by atoms with Crippen LogP contribution >= 0.6 is 11.6 Å². The van der Waals surface area contributed by atoms with Crippen LogP contribution in [0.25, 0.3) is 22.6 Å². The Morgan fingerprint density at radius 3 is 2.80 bits per heavy atom. The molecule has 1 aliphatic carbocycles. The molecule has 9 heteroatoms. The monoisotopic (exact) mass is 492 g/mol. The molecule has 2 aromatic carbocycles. The molecule has 3 aromatic rings. The summed E-state index contributed by atoms with van der Waals surface area (Å²) in [7, 11) is 0. The van der Waals surface area contributed by atoms with Gasteiger partial charge in [-0.1, -0.05) is 17.7 Å². The molecule has 2 fully saturated rings. The van der Waals surface area contributed by atoms with Crippen LogP contribution in [0, 0.1) is 17.2 Å². The van der Waals surface area contributed by atoms with Gasteiger partial charge >= 0.3 is 5.97 Å². The van der Waals surface area contributed by atoms with Crippen molar-refractivity contribution >= 4 is 34.4 Å². The zero-order valence-corrected chi connectivity index (χ0v) is 19.9. The van der Waals surface area contributed by atoms with E-state index in [4.69, 9.17) is 25.7 Å². The topological polar surface area (TPSA) is 103 Å². The fourth-order valence-electron chi connectivity index (χ4n) is 5.75. The highest BCUT2D eigenvalue weighted by Crippen LogP contribution is 2.44. The van der Waals surface area contributed by atoms with Gasteiger partial charge < -0.3 is 19.2 Å². The molecule has 2 saturated heterocycles. The Hall–Kier alpha value is -3.12. The van der Waals surface area contributed by atoms with Gasteiger partial charge in [-0.05, 0) is 55.1 Å². The Morgan fingerprint density at radius 1 is 1.23 bits per heavy atom. The van der Waals surface area contributed by atoms with Crippen LogP contribution in [0.5, 0.6) is 0 Å². The number of hydrogen-bond donors (Lipinski definition) is 1. The molecule has 0 spiro atoms. The van der Waals surface area contributed by atoms with Gasteiger partial charge in [-0.25, -0.2) is 4.98 Å². The molecule has 8 nitrogen and oxygen atoms in total. The predicted octanol–water partition coefficient (Wildman–Crippen LogP) is 4.25. The van der Waals surface area contributed by atoms with Gasteiger partial charge in [0.1, 0.15) is 17.1 Å². The molecule has 180 valence electrons. The molecule has 0 bridgehead atoms. The number of anilines is 1. The lowest BCUT2D eigenvalue weighted by atomic mass is 10.0. The van der Waals surface area contributed by atoms with Crippen LogP contribution in [0.2, 0.25) is 5.02 Å². The van der Waals surface area contributed by atoms with Crippen molar-refractivity contribution in [3.63, 3.8) is 0 Å². The number of hydrogen-bond acceptors (Lipinski definition) is 7. The van der Waals surface area contributed by atoms with Gasteiger partial charge in [-0.15, -0.1) is 0 Å². The largest absolute Gasteiger partial charge is 0.481 e. The molecular weight excluding hydrogens is 468 g/mol. The highest BCUT2D eigenvalue weighted by Gasteiger charge is 2.37. The quantitative estimate of drug-likeness (QED) is 0.576. The first kappa shape index (κ1) is 22.4. The van der Waals surface area contributed by atoms with E-state index < -0.39 is 5.97 Å². The molecule has 0 radical (unpaired) electrons. The number of carboxylic acid groups (broad SMARTS) is 1. The van der Waals surface area contributed by atoms with Crippen LogP contribution < -0.4 is 4.90 Å². The summed E-state index contributed by atoms with van der Waals surface area (Å²) in [6, 6.07) is 10.3. The predicted molar refractivity (Wildman–Crippen MR) is 131 cm³/mol. The number of nitriles is 1. The lowest BCUT2D eigenvalue weighted by Gasteiger charge is -2.29. The molecule has 6 rings (SSSR count). The van der Waals surface area contributed by atoms with Crippen molar-refractivity contribution in [1.29, 1.82) is 5.26 Å². The molecular formula is C26H25ClN4O4. The summed E-state index contributed by atoms with van der Waals surface area (Å²) < 4.78 is 11.6. The first-order valence-electron chi connectivity index (χ1n) is 12.0. The highest BCUT2D eigenvalue weighted by molar-refractivity contribution is 6.35. The number of aliphatic carboxylic acids is 1. The van der Waals surface area contributed by atoms with Crippen LogP contribution in [0.3, 0.4) is 0 Å². The second-order valence-electron chi connectivity index (χ2n) is 9.41. The van der Waals surface area contributed by atoms with E-state index in [2.05, 4.69) is 15.9 Å². The van der Waals surface area contributed by atoms with Gasteiger partial charge in [0, 0.05) is 25.7 Å². The van der Waals surface area contributed by atoms with Crippen molar-refractivity contribution in [2.45, 2.75) is 25.3 Å². The van der Waals surface area contributed by atoms with Gasteiger partial charge in [0.25, 0.3) is 0 Å². The molecule has 1 N–H and O–H groups in total. The Morgan fingerprint density at radius 2 is 2.06 bits per heavy atom. The minimum absolute atomic E-state index is 0.0965. The van der Waals surface area contributed by atoms with Gasteiger partial charge in [-0.3, -0.25) is 9.69 Å². The van der Waals surface area contributed by atoms with Crippen molar-refractivity contribution in [2.75, 3.05) is 44.3 Å². The van der Waals surface area contributed by atoms with Gasteiger partial charge in [0.2, 0.25) is 5.89 Å². The Bertz CT molecular complexity index is 1360. The number of rotatable bonds is 4. The number of carbonyl (C=O) groups is 1. The van der Waals surface area contributed by atoms with Crippen LogP contribution in [0.1, 0.15) is 35.6 Å². The lowest BCUT2D eigenvalue weighted by molar-refractivity contribution is -0.141. The number of nitrogens with zero attached hydrogens (tertiary/aromatic N) is 4.